The van der Waals surface area contributed by atoms with Gasteiger partial charge in [-0.05, 0) is 49.4 Å². The summed E-state index contributed by atoms with van der Waals surface area (Å²) in [6, 6.07) is 15.0. The van der Waals surface area contributed by atoms with Gasteiger partial charge in [0.25, 0.3) is 5.91 Å². The van der Waals surface area contributed by atoms with Crippen molar-refractivity contribution in [2.24, 2.45) is 0 Å². The van der Waals surface area contributed by atoms with Gasteiger partial charge in [-0.2, -0.15) is 4.98 Å². The average Bonchev–Trinajstić information content (AvgIpc) is 2.67. The summed E-state index contributed by atoms with van der Waals surface area (Å²) < 4.78 is 5.11. The van der Waals surface area contributed by atoms with Crippen LogP contribution in [0.15, 0.2) is 59.4 Å². The van der Waals surface area contributed by atoms with Crippen LogP contribution >= 0.6 is 0 Å². The first-order chi connectivity index (χ1) is 13.0. The van der Waals surface area contributed by atoms with Crippen LogP contribution in [0.1, 0.15) is 27.8 Å². The summed E-state index contributed by atoms with van der Waals surface area (Å²) >= 11 is 0. The molecule has 2 N–H and O–H groups in total. The molecule has 0 spiro atoms. The largest absolute Gasteiger partial charge is 0.497 e. The molecule has 3 rings (SSSR count). The number of nitrogens with one attached hydrogen (secondary N) is 2. The van der Waals surface area contributed by atoms with Crippen molar-refractivity contribution in [1.82, 2.24) is 9.97 Å². The smallest absolute Gasteiger partial charge is 0.346 e. The molecular formula is C20H17N3O4. The summed E-state index contributed by atoms with van der Waals surface area (Å²) in [5, 5.41) is 2.67. The van der Waals surface area contributed by atoms with Gasteiger partial charge in [-0.3, -0.25) is 9.59 Å². The molecule has 7 heteroatoms. The lowest BCUT2D eigenvalue weighted by Gasteiger charge is -2.08. The van der Waals surface area contributed by atoms with E-state index in [9.17, 15) is 14.4 Å². The van der Waals surface area contributed by atoms with E-state index in [1.165, 1.54) is 13.0 Å². The molecule has 0 aliphatic carbocycles. The molecule has 0 atom stereocenters. The molecule has 0 bridgehead atoms. The van der Waals surface area contributed by atoms with Crippen LogP contribution in [0.5, 0.6) is 5.75 Å². The molecule has 3 aromatic rings. The monoisotopic (exact) mass is 363 g/mol. The zero-order valence-electron chi connectivity index (χ0n) is 14.8. The molecule has 0 saturated carbocycles. The molecule has 27 heavy (non-hydrogen) atoms. The Morgan fingerprint density at radius 3 is 2.48 bits per heavy atom. The summed E-state index contributed by atoms with van der Waals surface area (Å²) in [6.07, 6.45) is 0. The zero-order chi connectivity index (χ0) is 19.4. The third-order valence-electron chi connectivity index (χ3n) is 3.90. The number of hydrogen-bond donors (Lipinski definition) is 2. The number of Topliss-reactive ketones (excluding diaryl/α,β-unsaturated/α-hetero) is 1. The molecule has 2 aromatic carbocycles. The highest BCUT2D eigenvalue weighted by Gasteiger charge is 2.12. The van der Waals surface area contributed by atoms with Gasteiger partial charge in [0.05, 0.1) is 12.8 Å². The van der Waals surface area contributed by atoms with Gasteiger partial charge in [0, 0.05) is 16.8 Å². The van der Waals surface area contributed by atoms with E-state index < -0.39 is 11.6 Å². The number of carbonyl (C=O) groups is 2. The maximum absolute atomic E-state index is 12.5. The Bertz CT molecular complexity index is 1060. The molecular weight excluding hydrogens is 346 g/mol. The van der Waals surface area contributed by atoms with Crippen LogP contribution in [0.25, 0.3) is 11.3 Å². The van der Waals surface area contributed by atoms with Crippen LogP contribution < -0.4 is 15.7 Å². The summed E-state index contributed by atoms with van der Waals surface area (Å²) in [5.41, 5.74) is 1.41. The van der Waals surface area contributed by atoms with Crippen molar-refractivity contribution in [3.63, 3.8) is 0 Å². The van der Waals surface area contributed by atoms with Crippen molar-refractivity contribution in [1.29, 1.82) is 0 Å². The van der Waals surface area contributed by atoms with Gasteiger partial charge in [-0.15, -0.1) is 0 Å². The number of H-pyrrole nitrogens is 1. The summed E-state index contributed by atoms with van der Waals surface area (Å²) in [5.74, 6) is 0.0575. The van der Waals surface area contributed by atoms with Gasteiger partial charge < -0.3 is 15.0 Å². The van der Waals surface area contributed by atoms with Gasteiger partial charge >= 0.3 is 5.69 Å². The summed E-state index contributed by atoms with van der Waals surface area (Å²) in [7, 11) is 1.56. The van der Waals surface area contributed by atoms with Crippen LogP contribution in [0.2, 0.25) is 0 Å². The number of ketones is 1. The highest BCUT2D eigenvalue weighted by Crippen LogP contribution is 2.20. The number of aromatic nitrogens is 2. The number of amides is 1. The Balaban J connectivity index is 1.89. The minimum Gasteiger partial charge on any atom is -0.497 e. The van der Waals surface area contributed by atoms with Crippen LogP contribution in [0.3, 0.4) is 0 Å². The van der Waals surface area contributed by atoms with Gasteiger partial charge in [0.1, 0.15) is 11.4 Å². The Hall–Kier alpha value is -3.74. The Kier molecular flexibility index (Phi) is 5.12. The second-order valence-electron chi connectivity index (χ2n) is 5.80. The highest BCUT2D eigenvalue weighted by molar-refractivity contribution is 6.04. The fourth-order valence-corrected chi connectivity index (χ4v) is 2.50. The molecule has 0 saturated heterocycles. The van der Waals surface area contributed by atoms with E-state index in [1.807, 2.05) is 0 Å². The minimum absolute atomic E-state index is 0.0639. The normalized spacial score (nSPS) is 10.3. The van der Waals surface area contributed by atoms with Crippen molar-refractivity contribution >= 4 is 17.4 Å². The number of carbonyl (C=O) groups excluding carboxylic acids is 2. The third kappa shape index (κ3) is 4.27. The fraction of sp³-hybridized carbons (Fsp3) is 0.100. The van der Waals surface area contributed by atoms with E-state index in [2.05, 4.69) is 15.3 Å². The average molecular weight is 363 g/mol. The van der Waals surface area contributed by atoms with E-state index in [-0.39, 0.29) is 11.5 Å². The number of nitrogens with zero attached hydrogens (tertiary/aromatic N) is 1. The second kappa shape index (κ2) is 7.65. The van der Waals surface area contributed by atoms with Crippen molar-refractivity contribution in [2.75, 3.05) is 12.4 Å². The van der Waals surface area contributed by atoms with Crippen LogP contribution in [0.4, 0.5) is 5.69 Å². The lowest BCUT2D eigenvalue weighted by atomic mass is 10.1. The Morgan fingerprint density at radius 2 is 1.81 bits per heavy atom. The number of benzene rings is 2. The maximum Gasteiger partial charge on any atom is 0.346 e. The quantitative estimate of drug-likeness (QED) is 0.679. The van der Waals surface area contributed by atoms with Crippen LogP contribution in [-0.4, -0.2) is 28.8 Å². The molecule has 0 aliphatic heterocycles. The molecule has 1 heterocycles. The number of rotatable bonds is 5. The molecule has 0 radical (unpaired) electrons. The van der Waals surface area contributed by atoms with Crippen molar-refractivity contribution in [3.05, 3.63) is 76.3 Å². The van der Waals surface area contributed by atoms with E-state index in [1.54, 1.807) is 55.6 Å². The standard InChI is InChI=1S/C20H17N3O4/c1-12(24)14-4-3-5-15(10-14)21-19(25)18-11-17(22-20(26)23-18)13-6-8-16(27-2)9-7-13/h3-11H,1-2H3,(H,21,25)(H,22,23,26). The Morgan fingerprint density at radius 1 is 1.07 bits per heavy atom. The fourth-order valence-electron chi connectivity index (χ4n) is 2.50. The third-order valence-corrected chi connectivity index (χ3v) is 3.90. The van der Waals surface area contributed by atoms with E-state index >= 15 is 0 Å². The minimum atomic E-state index is -0.633. The molecule has 0 aliphatic rings. The van der Waals surface area contributed by atoms with Gasteiger partial charge in [0.15, 0.2) is 5.78 Å². The first kappa shape index (κ1) is 18.1. The first-order valence-electron chi connectivity index (χ1n) is 8.14. The van der Waals surface area contributed by atoms with E-state index in [0.29, 0.717) is 28.3 Å². The summed E-state index contributed by atoms with van der Waals surface area (Å²) in [6.45, 7) is 1.45. The predicted octanol–water partition coefficient (Wildman–Crippen LogP) is 2.90. The molecule has 7 nitrogen and oxygen atoms in total. The lowest BCUT2D eigenvalue weighted by molar-refractivity contribution is 0.100. The van der Waals surface area contributed by atoms with Crippen molar-refractivity contribution < 1.29 is 14.3 Å². The molecule has 0 fully saturated rings. The van der Waals surface area contributed by atoms with E-state index in [0.717, 1.165) is 0 Å². The van der Waals surface area contributed by atoms with E-state index in [4.69, 9.17) is 4.74 Å². The van der Waals surface area contributed by atoms with Gasteiger partial charge in [-0.1, -0.05) is 12.1 Å². The SMILES string of the molecule is COc1ccc(-c2cc(C(=O)Nc3cccc(C(C)=O)c3)[nH]c(=O)n2)cc1. The molecule has 1 aromatic heterocycles. The Labute approximate surface area is 155 Å². The van der Waals surface area contributed by atoms with Crippen LogP contribution in [0, 0.1) is 0 Å². The first-order valence-corrected chi connectivity index (χ1v) is 8.14. The summed E-state index contributed by atoms with van der Waals surface area (Å²) in [4.78, 5) is 42.2. The number of anilines is 1. The van der Waals surface area contributed by atoms with Crippen molar-refractivity contribution in [3.8, 4) is 17.0 Å². The second-order valence-corrected chi connectivity index (χ2v) is 5.80. The number of hydrogen-bond acceptors (Lipinski definition) is 5. The number of methoxy groups -OCH3 is 1. The maximum atomic E-state index is 12.5. The number of aromatic amines is 1. The molecule has 1 amide bonds. The highest BCUT2D eigenvalue weighted by atomic mass is 16.5. The predicted molar refractivity (Wildman–Crippen MR) is 101 cm³/mol. The lowest BCUT2D eigenvalue weighted by Crippen LogP contribution is -2.21. The molecule has 0 unspecified atom stereocenters. The van der Waals surface area contributed by atoms with Crippen LogP contribution in [-0.2, 0) is 0 Å². The zero-order valence-corrected chi connectivity index (χ0v) is 14.8. The topological polar surface area (TPSA) is 101 Å². The van der Waals surface area contributed by atoms with Crippen molar-refractivity contribution in [2.45, 2.75) is 6.92 Å². The van der Waals surface area contributed by atoms with Gasteiger partial charge in [0.2, 0.25) is 0 Å². The number of ether oxygens (including phenoxy) is 1. The van der Waals surface area contributed by atoms with Gasteiger partial charge in [-0.25, -0.2) is 4.79 Å². The molecule has 136 valence electrons.